The Bertz CT molecular complexity index is 724. The average molecular weight is 352 g/mol. The van der Waals surface area contributed by atoms with Gasteiger partial charge in [0, 0.05) is 6.92 Å². The lowest BCUT2D eigenvalue weighted by molar-refractivity contribution is -0.123. The van der Waals surface area contributed by atoms with E-state index in [-0.39, 0.29) is 36.2 Å². The van der Waals surface area contributed by atoms with Crippen molar-refractivity contribution in [3.8, 4) is 0 Å². The highest BCUT2D eigenvalue weighted by Gasteiger charge is 2.22. The van der Waals surface area contributed by atoms with Crippen molar-refractivity contribution >= 4 is 11.8 Å². The van der Waals surface area contributed by atoms with Crippen LogP contribution in [0, 0.1) is 12.8 Å². The minimum absolute atomic E-state index is 0.0558. The quantitative estimate of drug-likeness (QED) is 0.789. The molecule has 0 aliphatic rings. The summed E-state index contributed by atoms with van der Waals surface area (Å²) in [5, 5.41) is 6.02. The van der Waals surface area contributed by atoms with Crippen LogP contribution in [0.3, 0.4) is 0 Å². The largest absolute Gasteiger partial charge is 0.349 e. The van der Waals surface area contributed by atoms with Crippen LogP contribution in [0.25, 0.3) is 0 Å². The van der Waals surface area contributed by atoms with Gasteiger partial charge in [-0.2, -0.15) is 0 Å². The smallest absolute Gasteiger partial charge is 0.222 e. The molecule has 0 bridgehead atoms. The minimum atomic E-state index is -0.336. The number of nitrogens with one attached hydrogen (secondary N) is 2. The summed E-state index contributed by atoms with van der Waals surface area (Å²) in [7, 11) is 0. The first-order valence-corrected chi connectivity index (χ1v) is 9.04. The first-order chi connectivity index (χ1) is 12.4. The molecule has 0 fully saturated rings. The van der Waals surface area contributed by atoms with E-state index < -0.39 is 0 Å². The summed E-state index contributed by atoms with van der Waals surface area (Å²) in [6.07, 6.45) is 0.207. The van der Waals surface area contributed by atoms with Gasteiger partial charge >= 0.3 is 0 Å². The Labute approximate surface area is 156 Å². The van der Waals surface area contributed by atoms with E-state index in [1.165, 1.54) is 6.92 Å². The fourth-order valence-corrected chi connectivity index (χ4v) is 3.01. The Kier molecular flexibility index (Phi) is 6.96. The van der Waals surface area contributed by atoms with Crippen molar-refractivity contribution < 1.29 is 9.59 Å². The lowest BCUT2D eigenvalue weighted by Crippen LogP contribution is -2.36. The molecule has 0 radical (unpaired) electrons. The first kappa shape index (κ1) is 19.7. The van der Waals surface area contributed by atoms with Crippen molar-refractivity contribution in [2.75, 3.05) is 0 Å². The zero-order valence-corrected chi connectivity index (χ0v) is 16.0. The predicted molar refractivity (Wildman–Crippen MR) is 105 cm³/mol. The van der Waals surface area contributed by atoms with Crippen LogP contribution in [0.5, 0.6) is 0 Å². The van der Waals surface area contributed by atoms with E-state index in [4.69, 9.17) is 0 Å². The lowest BCUT2D eigenvalue weighted by Gasteiger charge is -2.25. The van der Waals surface area contributed by atoms with Gasteiger partial charge < -0.3 is 10.6 Å². The molecule has 0 aliphatic heterocycles. The fraction of sp³-hybridized carbons (Fsp3) is 0.364. The number of carbonyl (C=O) groups is 2. The summed E-state index contributed by atoms with van der Waals surface area (Å²) in [6, 6.07) is 17.5. The van der Waals surface area contributed by atoms with Crippen LogP contribution in [0.2, 0.25) is 0 Å². The number of benzene rings is 2. The van der Waals surface area contributed by atoms with Gasteiger partial charge in [-0.05, 0) is 24.0 Å². The topological polar surface area (TPSA) is 58.2 Å². The number of aryl methyl sites for hydroxylation is 1. The highest BCUT2D eigenvalue weighted by Crippen LogP contribution is 2.23. The molecular formula is C22H28N2O2. The summed E-state index contributed by atoms with van der Waals surface area (Å²) in [5.41, 5.74) is 3.16. The van der Waals surface area contributed by atoms with Crippen molar-refractivity contribution in [2.24, 2.45) is 5.92 Å². The van der Waals surface area contributed by atoms with E-state index in [2.05, 4.69) is 24.5 Å². The van der Waals surface area contributed by atoms with E-state index in [0.717, 1.165) is 16.7 Å². The van der Waals surface area contributed by atoms with Crippen molar-refractivity contribution in [1.29, 1.82) is 0 Å². The molecule has 4 heteroatoms. The van der Waals surface area contributed by atoms with Gasteiger partial charge in [-0.3, -0.25) is 9.59 Å². The van der Waals surface area contributed by atoms with Gasteiger partial charge in [0.1, 0.15) is 0 Å². The van der Waals surface area contributed by atoms with E-state index in [0.29, 0.717) is 0 Å². The third-order valence-corrected chi connectivity index (χ3v) is 4.39. The van der Waals surface area contributed by atoms with Crippen LogP contribution in [-0.4, -0.2) is 11.8 Å². The zero-order valence-electron chi connectivity index (χ0n) is 16.0. The van der Waals surface area contributed by atoms with E-state index >= 15 is 0 Å². The van der Waals surface area contributed by atoms with Gasteiger partial charge in [0.2, 0.25) is 11.8 Å². The molecule has 4 nitrogen and oxygen atoms in total. The minimum Gasteiger partial charge on any atom is -0.349 e. The number of hydrogen-bond donors (Lipinski definition) is 2. The highest BCUT2D eigenvalue weighted by atomic mass is 16.2. The van der Waals surface area contributed by atoms with Crippen LogP contribution in [0.4, 0.5) is 0 Å². The van der Waals surface area contributed by atoms with Gasteiger partial charge in [0.05, 0.1) is 18.5 Å². The van der Waals surface area contributed by atoms with E-state index in [1.54, 1.807) is 0 Å². The summed E-state index contributed by atoms with van der Waals surface area (Å²) in [4.78, 5) is 24.3. The molecule has 0 aromatic heterocycles. The first-order valence-electron chi connectivity index (χ1n) is 9.04. The molecule has 2 atom stereocenters. The van der Waals surface area contributed by atoms with Crippen molar-refractivity contribution in [2.45, 2.75) is 46.2 Å². The molecule has 0 heterocycles. The number of carbonyl (C=O) groups excluding carboxylic acids is 2. The molecule has 2 aromatic carbocycles. The number of hydrogen-bond acceptors (Lipinski definition) is 2. The Morgan fingerprint density at radius 1 is 0.885 bits per heavy atom. The van der Waals surface area contributed by atoms with Gasteiger partial charge in [-0.25, -0.2) is 0 Å². The molecule has 0 aliphatic carbocycles. The van der Waals surface area contributed by atoms with Crippen LogP contribution in [0.15, 0.2) is 54.6 Å². The number of amides is 2. The van der Waals surface area contributed by atoms with Gasteiger partial charge in [-0.15, -0.1) is 0 Å². The number of rotatable bonds is 7. The second kappa shape index (κ2) is 9.18. The molecule has 2 aromatic rings. The highest BCUT2D eigenvalue weighted by molar-refractivity contribution is 5.79. The maximum Gasteiger partial charge on any atom is 0.222 e. The zero-order chi connectivity index (χ0) is 19.1. The maximum absolute atomic E-state index is 12.7. The molecule has 2 unspecified atom stereocenters. The molecule has 0 spiro atoms. The van der Waals surface area contributed by atoms with Gasteiger partial charge in [-0.1, -0.05) is 74.0 Å². The standard InChI is InChI=1S/C22H28N2O2/c1-15(2)22(19-8-6-5-7-9-19)24-21(26)14-20(23-17(4)25)18-12-10-16(3)11-13-18/h5-13,15,20,22H,14H2,1-4H3,(H,23,25)(H,24,26). The Hall–Kier alpha value is -2.62. The van der Waals surface area contributed by atoms with Gasteiger partial charge in [0.25, 0.3) is 0 Å². The summed E-state index contributed by atoms with van der Waals surface area (Å²) >= 11 is 0. The van der Waals surface area contributed by atoms with Crippen LogP contribution >= 0.6 is 0 Å². The van der Waals surface area contributed by atoms with Crippen molar-refractivity contribution in [3.05, 3.63) is 71.3 Å². The van der Waals surface area contributed by atoms with Crippen molar-refractivity contribution in [1.82, 2.24) is 10.6 Å². The molecule has 2 amide bonds. The third-order valence-electron chi connectivity index (χ3n) is 4.39. The summed E-state index contributed by atoms with van der Waals surface area (Å²) in [6.45, 7) is 7.66. The molecule has 2 N–H and O–H groups in total. The second-order valence-electron chi connectivity index (χ2n) is 7.07. The van der Waals surface area contributed by atoms with E-state index in [9.17, 15) is 9.59 Å². The van der Waals surface area contributed by atoms with Crippen LogP contribution in [0.1, 0.15) is 56.0 Å². The molecular weight excluding hydrogens is 324 g/mol. The molecule has 138 valence electrons. The molecule has 2 rings (SSSR count). The van der Waals surface area contributed by atoms with Crippen LogP contribution < -0.4 is 10.6 Å². The summed E-state index contributed by atoms with van der Waals surface area (Å²) in [5.74, 6) is 0.0404. The van der Waals surface area contributed by atoms with Crippen molar-refractivity contribution in [3.63, 3.8) is 0 Å². The summed E-state index contributed by atoms with van der Waals surface area (Å²) < 4.78 is 0. The van der Waals surface area contributed by atoms with Crippen LogP contribution in [-0.2, 0) is 9.59 Å². The SMILES string of the molecule is CC(=O)NC(CC(=O)NC(c1ccccc1)C(C)C)c1ccc(C)cc1. The second-order valence-corrected chi connectivity index (χ2v) is 7.07. The average Bonchev–Trinajstić information content (AvgIpc) is 2.60. The fourth-order valence-electron chi connectivity index (χ4n) is 3.01. The predicted octanol–water partition coefficient (Wildman–Crippen LogP) is 4.08. The molecule has 0 saturated heterocycles. The monoisotopic (exact) mass is 352 g/mol. The Balaban J connectivity index is 2.12. The third kappa shape index (κ3) is 5.73. The van der Waals surface area contributed by atoms with Gasteiger partial charge in [0.15, 0.2) is 0 Å². The molecule has 0 saturated carbocycles. The normalized spacial score (nSPS) is 13.1. The lowest BCUT2D eigenvalue weighted by atomic mass is 9.95. The maximum atomic E-state index is 12.7. The Morgan fingerprint density at radius 3 is 2.04 bits per heavy atom. The van der Waals surface area contributed by atoms with E-state index in [1.807, 2.05) is 61.5 Å². The molecule has 26 heavy (non-hydrogen) atoms. The Morgan fingerprint density at radius 2 is 1.50 bits per heavy atom.